The van der Waals surface area contributed by atoms with Crippen LogP contribution in [0.5, 0.6) is 0 Å². The van der Waals surface area contributed by atoms with E-state index in [1.54, 1.807) is 44.4 Å². The number of carbonyl (C=O) groups is 2. The topological polar surface area (TPSA) is 49.4 Å². The minimum absolute atomic E-state index is 0.0424. The highest BCUT2D eigenvalue weighted by molar-refractivity contribution is 7.98. The SMILES string of the molecule is CSc1ccccc1C(=O)NCC#Cc1ccc(C(=O)N(C)C)cc1. The van der Waals surface area contributed by atoms with Gasteiger partial charge in [-0.05, 0) is 42.7 Å². The molecular formula is C20H20N2O2S. The first-order valence-corrected chi connectivity index (χ1v) is 8.97. The Bertz CT molecular complexity index is 818. The summed E-state index contributed by atoms with van der Waals surface area (Å²) >= 11 is 1.54. The Morgan fingerprint density at radius 1 is 1.08 bits per heavy atom. The fraction of sp³-hybridized carbons (Fsp3) is 0.200. The molecule has 0 spiro atoms. The summed E-state index contributed by atoms with van der Waals surface area (Å²) in [5, 5.41) is 2.80. The second kappa shape index (κ2) is 8.95. The van der Waals surface area contributed by atoms with Gasteiger partial charge in [-0.1, -0.05) is 24.0 Å². The van der Waals surface area contributed by atoms with Crippen LogP contribution in [0.1, 0.15) is 26.3 Å². The number of carbonyl (C=O) groups excluding carboxylic acids is 2. The summed E-state index contributed by atoms with van der Waals surface area (Å²) in [6.07, 6.45) is 1.94. The Morgan fingerprint density at radius 2 is 1.76 bits per heavy atom. The number of benzene rings is 2. The Morgan fingerprint density at radius 3 is 2.40 bits per heavy atom. The third kappa shape index (κ3) is 5.13. The number of amides is 2. The van der Waals surface area contributed by atoms with Gasteiger partial charge in [0.25, 0.3) is 11.8 Å². The highest BCUT2D eigenvalue weighted by Crippen LogP contribution is 2.19. The van der Waals surface area contributed by atoms with E-state index in [-0.39, 0.29) is 18.4 Å². The molecule has 0 heterocycles. The molecule has 0 aliphatic heterocycles. The molecule has 0 aromatic heterocycles. The summed E-state index contributed by atoms with van der Waals surface area (Å²) in [6.45, 7) is 0.264. The maximum atomic E-state index is 12.2. The van der Waals surface area contributed by atoms with Gasteiger partial charge in [-0.25, -0.2) is 0 Å². The van der Waals surface area contributed by atoms with Crippen LogP contribution in [0.2, 0.25) is 0 Å². The van der Waals surface area contributed by atoms with Gasteiger partial charge in [-0.2, -0.15) is 0 Å². The van der Waals surface area contributed by atoms with E-state index in [1.165, 1.54) is 16.7 Å². The van der Waals surface area contributed by atoms with Crippen molar-refractivity contribution in [2.45, 2.75) is 4.90 Å². The lowest BCUT2D eigenvalue weighted by molar-refractivity contribution is 0.0827. The molecule has 0 saturated carbocycles. The molecule has 2 aromatic carbocycles. The molecule has 2 aromatic rings. The van der Waals surface area contributed by atoms with Gasteiger partial charge in [0.2, 0.25) is 0 Å². The second-order valence-corrected chi connectivity index (χ2v) is 6.31. The van der Waals surface area contributed by atoms with Crippen LogP contribution in [0.3, 0.4) is 0 Å². The van der Waals surface area contributed by atoms with E-state index < -0.39 is 0 Å². The fourth-order valence-corrected chi connectivity index (χ4v) is 2.75. The predicted octanol–water partition coefficient (Wildman–Crippen LogP) is 2.89. The molecule has 1 N–H and O–H groups in total. The normalized spacial score (nSPS) is 9.72. The van der Waals surface area contributed by atoms with Crippen LogP contribution in [-0.4, -0.2) is 43.6 Å². The molecule has 0 aliphatic rings. The molecular weight excluding hydrogens is 332 g/mol. The zero-order chi connectivity index (χ0) is 18.2. The average molecular weight is 352 g/mol. The summed E-state index contributed by atoms with van der Waals surface area (Å²) in [4.78, 5) is 26.5. The van der Waals surface area contributed by atoms with E-state index in [0.29, 0.717) is 11.1 Å². The molecule has 0 fully saturated rings. The Kier molecular flexibility index (Phi) is 6.67. The smallest absolute Gasteiger partial charge is 0.253 e. The third-order valence-electron chi connectivity index (χ3n) is 3.46. The summed E-state index contributed by atoms with van der Waals surface area (Å²) < 4.78 is 0. The molecule has 4 nitrogen and oxygen atoms in total. The van der Waals surface area contributed by atoms with Crippen molar-refractivity contribution in [3.05, 3.63) is 65.2 Å². The minimum atomic E-state index is -0.133. The van der Waals surface area contributed by atoms with Gasteiger partial charge in [0.1, 0.15) is 0 Å². The molecule has 0 unspecified atom stereocenters. The van der Waals surface area contributed by atoms with Crippen molar-refractivity contribution in [2.24, 2.45) is 0 Å². The molecule has 0 aliphatic carbocycles. The van der Waals surface area contributed by atoms with Crippen molar-refractivity contribution in [3.8, 4) is 11.8 Å². The first-order chi connectivity index (χ1) is 12.0. The van der Waals surface area contributed by atoms with E-state index >= 15 is 0 Å². The standard InChI is InChI=1S/C20H20N2O2S/c1-22(2)20(24)16-12-10-15(11-13-16)7-6-14-21-19(23)17-8-4-5-9-18(17)25-3/h4-5,8-13H,14H2,1-3H3,(H,21,23). The van der Waals surface area contributed by atoms with Crippen molar-refractivity contribution in [2.75, 3.05) is 26.9 Å². The molecule has 128 valence electrons. The second-order valence-electron chi connectivity index (χ2n) is 5.46. The van der Waals surface area contributed by atoms with Gasteiger partial charge >= 0.3 is 0 Å². The summed E-state index contributed by atoms with van der Waals surface area (Å²) in [5.41, 5.74) is 2.08. The summed E-state index contributed by atoms with van der Waals surface area (Å²) in [7, 11) is 3.43. The van der Waals surface area contributed by atoms with Gasteiger partial charge in [0.15, 0.2) is 0 Å². The quantitative estimate of drug-likeness (QED) is 0.680. The van der Waals surface area contributed by atoms with E-state index in [1.807, 2.05) is 24.5 Å². The van der Waals surface area contributed by atoms with Crippen LogP contribution in [0, 0.1) is 11.8 Å². The Labute approximate surface area is 152 Å². The molecule has 5 heteroatoms. The number of nitrogens with zero attached hydrogens (tertiary/aromatic N) is 1. The number of nitrogens with one attached hydrogen (secondary N) is 1. The van der Waals surface area contributed by atoms with Crippen LogP contribution < -0.4 is 5.32 Å². The average Bonchev–Trinajstić information content (AvgIpc) is 2.64. The van der Waals surface area contributed by atoms with Crippen LogP contribution in [0.15, 0.2) is 53.4 Å². The van der Waals surface area contributed by atoms with Gasteiger partial charge in [-0.3, -0.25) is 9.59 Å². The third-order valence-corrected chi connectivity index (χ3v) is 4.26. The lowest BCUT2D eigenvalue weighted by Crippen LogP contribution is -2.24. The summed E-state index contributed by atoms with van der Waals surface area (Å²) in [5.74, 6) is 5.73. The zero-order valence-electron chi connectivity index (χ0n) is 14.5. The summed E-state index contributed by atoms with van der Waals surface area (Å²) in [6, 6.07) is 14.6. The van der Waals surface area contributed by atoms with Crippen molar-refractivity contribution < 1.29 is 9.59 Å². The van der Waals surface area contributed by atoms with E-state index in [2.05, 4.69) is 17.2 Å². The lowest BCUT2D eigenvalue weighted by Gasteiger charge is -2.09. The molecule has 0 bridgehead atoms. The van der Waals surface area contributed by atoms with Crippen molar-refractivity contribution in [1.82, 2.24) is 10.2 Å². The van der Waals surface area contributed by atoms with Crippen molar-refractivity contribution >= 4 is 23.6 Å². The van der Waals surface area contributed by atoms with Crippen LogP contribution in [0.4, 0.5) is 0 Å². The van der Waals surface area contributed by atoms with E-state index in [0.717, 1.165) is 10.5 Å². The molecule has 0 atom stereocenters. The molecule has 2 rings (SSSR count). The van der Waals surface area contributed by atoms with Gasteiger partial charge < -0.3 is 10.2 Å². The zero-order valence-corrected chi connectivity index (χ0v) is 15.3. The highest BCUT2D eigenvalue weighted by atomic mass is 32.2. The minimum Gasteiger partial charge on any atom is -0.345 e. The van der Waals surface area contributed by atoms with Crippen molar-refractivity contribution in [3.63, 3.8) is 0 Å². The maximum absolute atomic E-state index is 12.2. The van der Waals surface area contributed by atoms with Gasteiger partial charge in [0, 0.05) is 30.1 Å². The van der Waals surface area contributed by atoms with Crippen LogP contribution in [-0.2, 0) is 0 Å². The first kappa shape index (κ1) is 18.6. The lowest BCUT2D eigenvalue weighted by atomic mass is 10.1. The largest absolute Gasteiger partial charge is 0.345 e. The Hall–Kier alpha value is -2.71. The fourth-order valence-electron chi connectivity index (χ4n) is 2.15. The number of rotatable bonds is 4. The van der Waals surface area contributed by atoms with Crippen LogP contribution >= 0.6 is 11.8 Å². The highest BCUT2D eigenvalue weighted by Gasteiger charge is 2.09. The van der Waals surface area contributed by atoms with Crippen LogP contribution in [0.25, 0.3) is 0 Å². The number of thioether (sulfide) groups is 1. The van der Waals surface area contributed by atoms with Gasteiger partial charge in [-0.15, -0.1) is 11.8 Å². The van der Waals surface area contributed by atoms with Crippen molar-refractivity contribution in [1.29, 1.82) is 0 Å². The molecule has 2 amide bonds. The monoisotopic (exact) mass is 352 g/mol. The first-order valence-electron chi connectivity index (χ1n) is 7.74. The maximum Gasteiger partial charge on any atom is 0.253 e. The van der Waals surface area contributed by atoms with E-state index in [4.69, 9.17) is 0 Å². The molecule has 25 heavy (non-hydrogen) atoms. The molecule has 0 saturated heterocycles. The number of hydrogen-bond acceptors (Lipinski definition) is 3. The molecule has 0 radical (unpaired) electrons. The predicted molar refractivity (Wildman–Crippen MR) is 102 cm³/mol. The van der Waals surface area contributed by atoms with E-state index in [9.17, 15) is 9.59 Å². The van der Waals surface area contributed by atoms with Gasteiger partial charge in [0.05, 0.1) is 12.1 Å². The Balaban J connectivity index is 1.94. The number of hydrogen-bond donors (Lipinski definition) is 1.